The molecule has 0 aromatic heterocycles. The van der Waals surface area contributed by atoms with Gasteiger partial charge >= 0.3 is 0 Å². The van der Waals surface area contributed by atoms with Crippen molar-refractivity contribution >= 4 is 10.0 Å². The number of sulfonamides is 1. The van der Waals surface area contributed by atoms with Crippen LogP contribution in [0, 0.1) is 5.41 Å². The zero-order chi connectivity index (χ0) is 13.2. The lowest BCUT2D eigenvalue weighted by Gasteiger charge is -2.23. The van der Waals surface area contributed by atoms with Crippen LogP contribution in [-0.4, -0.2) is 44.2 Å². The van der Waals surface area contributed by atoms with Gasteiger partial charge in [-0.15, -0.1) is 0 Å². The van der Waals surface area contributed by atoms with Crippen molar-refractivity contribution in [1.82, 2.24) is 9.62 Å². The summed E-state index contributed by atoms with van der Waals surface area (Å²) in [7, 11) is -3.05. The molecule has 1 aliphatic carbocycles. The molecule has 1 aliphatic heterocycles. The fourth-order valence-corrected chi connectivity index (χ4v) is 3.90. The number of hydrogen-bond acceptors (Lipinski definition) is 3. The molecule has 0 aromatic rings. The highest BCUT2D eigenvalue weighted by atomic mass is 32.2. The molecule has 1 saturated carbocycles. The van der Waals surface area contributed by atoms with Gasteiger partial charge in [0.05, 0.1) is 5.75 Å². The monoisotopic (exact) mass is 274 g/mol. The molecule has 1 heterocycles. The summed E-state index contributed by atoms with van der Waals surface area (Å²) >= 11 is 0. The van der Waals surface area contributed by atoms with Crippen molar-refractivity contribution in [2.45, 2.75) is 52.0 Å². The maximum Gasteiger partial charge on any atom is 0.215 e. The van der Waals surface area contributed by atoms with Gasteiger partial charge in [-0.3, -0.25) is 0 Å². The van der Waals surface area contributed by atoms with Gasteiger partial charge in [-0.05, 0) is 37.5 Å². The Bertz CT molecular complexity index is 374. The van der Waals surface area contributed by atoms with Crippen LogP contribution in [0.1, 0.15) is 46.0 Å². The van der Waals surface area contributed by atoms with E-state index in [2.05, 4.69) is 19.2 Å². The molecule has 2 fully saturated rings. The standard InChI is InChI=1S/C13H26N2O2S/c1-13(2)6-3-9-15(10-7-13)18(16,17)11-8-14-12-4-5-12/h12,14H,3-11H2,1-2H3. The lowest BCUT2D eigenvalue weighted by Crippen LogP contribution is -2.37. The first kappa shape index (κ1) is 14.3. The largest absolute Gasteiger partial charge is 0.313 e. The molecule has 1 N–H and O–H groups in total. The van der Waals surface area contributed by atoms with E-state index in [9.17, 15) is 8.42 Å². The summed E-state index contributed by atoms with van der Waals surface area (Å²) in [5.74, 6) is 0.254. The van der Waals surface area contributed by atoms with Crippen LogP contribution in [-0.2, 0) is 10.0 Å². The summed E-state index contributed by atoms with van der Waals surface area (Å²) < 4.78 is 26.2. The molecular formula is C13H26N2O2S. The van der Waals surface area contributed by atoms with Gasteiger partial charge in [0.2, 0.25) is 10.0 Å². The van der Waals surface area contributed by atoms with Crippen molar-refractivity contribution in [3.05, 3.63) is 0 Å². The van der Waals surface area contributed by atoms with E-state index < -0.39 is 10.0 Å². The average molecular weight is 274 g/mol. The number of nitrogens with zero attached hydrogens (tertiary/aromatic N) is 1. The molecule has 18 heavy (non-hydrogen) atoms. The second-order valence-corrected chi connectivity index (χ2v) is 8.55. The maximum absolute atomic E-state index is 12.2. The van der Waals surface area contributed by atoms with E-state index >= 15 is 0 Å². The number of rotatable bonds is 5. The minimum Gasteiger partial charge on any atom is -0.313 e. The van der Waals surface area contributed by atoms with Crippen molar-refractivity contribution in [1.29, 1.82) is 0 Å². The van der Waals surface area contributed by atoms with Gasteiger partial charge in [-0.1, -0.05) is 13.8 Å². The molecule has 0 aromatic carbocycles. The van der Waals surface area contributed by atoms with Gasteiger partial charge in [0.1, 0.15) is 0 Å². The normalized spacial score (nSPS) is 25.9. The Labute approximate surface area is 111 Å². The predicted octanol–water partition coefficient (Wildman–Crippen LogP) is 1.58. The third kappa shape index (κ3) is 4.21. The molecule has 4 nitrogen and oxygen atoms in total. The van der Waals surface area contributed by atoms with Crippen LogP contribution in [0.2, 0.25) is 0 Å². The van der Waals surface area contributed by atoms with Gasteiger partial charge in [0, 0.05) is 25.7 Å². The Morgan fingerprint density at radius 2 is 1.94 bits per heavy atom. The maximum atomic E-state index is 12.2. The van der Waals surface area contributed by atoms with Gasteiger partial charge in [0.15, 0.2) is 0 Å². The van der Waals surface area contributed by atoms with Crippen LogP contribution < -0.4 is 5.32 Å². The molecule has 106 valence electrons. The Morgan fingerprint density at radius 1 is 1.22 bits per heavy atom. The highest BCUT2D eigenvalue weighted by Crippen LogP contribution is 2.30. The molecule has 0 atom stereocenters. The van der Waals surface area contributed by atoms with Crippen LogP contribution in [0.4, 0.5) is 0 Å². The molecule has 0 amide bonds. The second kappa shape index (κ2) is 5.47. The van der Waals surface area contributed by atoms with Gasteiger partial charge in [0.25, 0.3) is 0 Å². The minimum absolute atomic E-state index is 0.254. The molecule has 2 rings (SSSR count). The van der Waals surface area contributed by atoms with Crippen LogP contribution in [0.5, 0.6) is 0 Å². The van der Waals surface area contributed by atoms with E-state index in [1.54, 1.807) is 4.31 Å². The second-order valence-electron chi connectivity index (χ2n) is 6.46. The third-order valence-corrected chi connectivity index (χ3v) is 5.93. The Hall–Kier alpha value is -0.130. The molecule has 0 bridgehead atoms. The number of nitrogens with one attached hydrogen (secondary N) is 1. The van der Waals surface area contributed by atoms with Crippen molar-refractivity contribution in [3.63, 3.8) is 0 Å². The minimum atomic E-state index is -3.05. The summed E-state index contributed by atoms with van der Waals surface area (Å²) in [4.78, 5) is 0. The van der Waals surface area contributed by atoms with E-state index in [0.29, 0.717) is 25.7 Å². The van der Waals surface area contributed by atoms with Gasteiger partial charge < -0.3 is 5.32 Å². The van der Waals surface area contributed by atoms with Crippen LogP contribution in [0.25, 0.3) is 0 Å². The summed E-state index contributed by atoms with van der Waals surface area (Å²) in [6.45, 7) is 6.47. The lowest BCUT2D eigenvalue weighted by atomic mass is 9.85. The molecule has 0 spiro atoms. The number of hydrogen-bond donors (Lipinski definition) is 1. The average Bonchev–Trinajstić information content (AvgIpc) is 3.05. The van der Waals surface area contributed by atoms with Crippen molar-refractivity contribution in [2.75, 3.05) is 25.4 Å². The molecule has 1 saturated heterocycles. The lowest BCUT2D eigenvalue weighted by molar-refractivity contribution is 0.315. The molecule has 0 unspecified atom stereocenters. The van der Waals surface area contributed by atoms with Crippen LogP contribution >= 0.6 is 0 Å². The Morgan fingerprint density at radius 3 is 2.61 bits per heavy atom. The highest BCUT2D eigenvalue weighted by molar-refractivity contribution is 7.89. The Balaban J connectivity index is 1.83. The summed E-state index contributed by atoms with van der Waals surface area (Å²) in [5.41, 5.74) is 0.288. The highest BCUT2D eigenvalue weighted by Gasteiger charge is 2.29. The molecule has 5 heteroatoms. The summed E-state index contributed by atoms with van der Waals surface area (Å²) in [5, 5.41) is 3.28. The third-order valence-electron chi connectivity index (χ3n) is 4.06. The predicted molar refractivity (Wildman–Crippen MR) is 74.0 cm³/mol. The zero-order valence-corrected chi connectivity index (χ0v) is 12.4. The van der Waals surface area contributed by atoms with E-state index in [0.717, 1.165) is 19.3 Å². The van der Waals surface area contributed by atoms with Crippen molar-refractivity contribution in [3.8, 4) is 0 Å². The smallest absolute Gasteiger partial charge is 0.215 e. The first-order chi connectivity index (χ1) is 8.39. The van der Waals surface area contributed by atoms with E-state index in [1.807, 2.05) is 0 Å². The van der Waals surface area contributed by atoms with E-state index in [1.165, 1.54) is 12.8 Å². The SMILES string of the molecule is CC1(C)CCCN(S(=O)(=O)CCNC2CC2)CC1. The first-order valence-electron chi connectivity index (χ1n) is 7.10. The fourth-order valence-electron chi connectivity index (χ4n) is 2.48. The summed E-state index contributed by atoms with van der Waals surface area (Å²) in [6, 6.07) is 0.586. The fraction of sp³-hybridized carbons (Fsp3) is 1.00. The van der Waals surface area contributed by atoms with Crippen LogP contribution in [0.15, 0.2) is 0 Å². The zero-order valence-electron chi connectivity index (χ0n) is 11.6. The van der Waals surface area contributed by atoms with Gasteiger partial charge in [-0.25, -0.2) is 12.7 Å². The first-order valence-corrected chi connectivity index (χ1v) is 8.71. The van der Waals surface area contributed by atoms with Gasteiger partial charge in [-0.2, -0.15) is 0 Å². The van der Waals surface area contributed by atoms with Crippen LogP contribution in [0.3, 0.4) is 0 Å². The Kier molecular flexibility index (Phi) is 4.34. The van der Waals surface area contributed by atoms with Crippen molar-refractivity contribution in [2.24, 2.45) is 5.41 Å². The van der Waals surface area contributed by atoms with E-state index in [-0.39, 0.29) is 11.2 Å². The van der Waals surface area contributed by atoms with E-state index in [4.69, 9.17) is 0 Å². The molecule has 0 radical (unpaired) electrons. The summed E-state index contributed by atoms with van der Waals surface area (Å²) in [6.07, 6.45) is 5.50. The quantitative estimate of drug-likeness (QED) is 0.828. The molecular weight excluding hydrogens is 248 g/mol. The topological polar surface area (TPSA) is 49.4 Å². The van der Waals surface area contributed by atoms with Crippen molar-refractivity contribution < 1.29 is 8.42 Å². The molecule has 2 aliphatic rings.